The van der Waals surface area contributed by atoms with E-state index in [0.29, 0.717) is 40.1 Å². The maximum absolute atomic E-state index is 13.1. The highest BCUT2D eigenvalue weighted by molar-refractivity contribution is 6.41. The lowest BCUT2D eigenvalue weighted by Gasteiger charge is -2.29. The number of carbonyl (C=O) groups is 1. The highest BCUT2D eigenvalue weighted by atomic mass is 16.1. The van der Waals surface area contributed by atoms with Crippen LogP contribution in [0.2, 0.25) is 0 Å². The molecule has 0 aliphatic carbocycles. The van der Waals surface area contributed by atoms with Gasteiger partial charge in [0.05, 0.1) is 6.21 Å². The van der Waals surface area contributed by atoms with Crippen molar-refractivity contribution in [2.75, 3.05) is 23.7 Å². The van der Waals surface area contributed by atoms with E-state index < -0.39 is 5.54 Å². The average Bonchev–Trinajstić information content (AvgIpc) is 2.90. The van der Waals surface area contributed by atoms with Crippen molar-refractivity contribution in [3.8, 4) is 0 Å². The van der Waals surface area contributed by atoms with E-state index in [0.717, 1.165) is 37.1 Å². The largest absolute Gasteiger partial charge is 0.383 e. The monoisotopic (exact) mass is 512 g/mol. The number of likely N-dealkylation sites (tertiary alicyclic amines) is 1. The number of allylic oxidation sites excluding steroid dienone is 1. The maximum Gasteiger partial charge on any atom is 0.255 e. The van der Waals surface area contributed by atoms with Crippen LogP contribution >= 0.6 is 0 Å². The van der Waals surface area contributed by atoms with Crippen molar-refractivity contribution < 1.29 is 4.79 Å². The Morgan fingerprint density at radius 3 is 2.61 bits per heavy atom. The van der Waals surface area contributed by atoms with Gasteiger partial charge in [0.15, 0.2) is 0 Å². The molecule has 9 heteroatoms. The van der Waals surface area contributed by atoms with E-state index >= 15 is 0 Å². The molecule has 9 nitrogen and oxygen atoms in total. The maximum atomic E-state index is 13.1. The van der Waals surface area contributed by atoms with E-state index in [1.54, 1.807) is 18.3 Å². The number of hydrogen-bond acceptors (Lipinski definition) is 8. The molecule has 2 aromatic carbocycles. The number of carbonyl (C=O) groups excluding carboxylic acids is 1. The zero-order valence-electron chi connectivity index (χ0n) is 22.3. The molecule has 1 amide bonds. The molecule has 6 N–H and O–H groups in total. The number of aliphatic imine (C=N–C) groups is 3. The molecule has 0 bridgehead atoms. The predicted octanol–water partition coefficient (Wildman–Crippen LogP) is 4.49. The first-order valence-corrected chi connectivity index (χ1v) is 12.8. The molecule has 198 valence electrons. The number of nitrogens with one attached hydrogen (secondary N) is 2. The summed E-state index contributed by atoms with van der Waals surface area (Å²) in [6.45, 7) is 11.3. The van der Waals surface area contributed by atoms with Crippen LogP contribution in [0.4, 0.5) is 11.4 Å². The minimum Gasteiger partial charge on any atom is -0.383 e. The summed E-state index contributed by atoms with van der Waals surface area (Å²) in [7, 11) is 0. The van der Waals surface area contributed by atoms with Gasteiger partial charge in [0, 0.05) is 41.8 Å². The van der Waals surface area contributed by atoms with Gasteiger partial charge in [-0.3, -0.25) is 9.79 Å². The lowest BCUT2D eigenvalue weighted by molar-refractivity contribution is 0.102. The van der Waals surface area contributed by atoms with Gasteiger partial charge < -0.3 is 27.0 Å². The number of anilines is 2. The molecule has 0 atom stereocenters. The highest BCUT2D eigenvalue weighted by Crippen LogP contribution is 2.24. The molecular formula is C29H36N8O. The minimum atomic E-state index is -0.513. The molecule has 2 heterocycles. The highest BCUT2D eigenvalue weighted by Gasteiger charge is 2.22. The standard InChI is InChI=1S/C29H36N8O/c1-5-32-24-18-33-28(37-14-7-6-8-15-37)36-25(24)26(30)35-23-16-20(13-12-19(23)2)27(38)34-22-11-9-10-21(17-22)29(3,4)31/h5,9-13,16-18,35H,1,6-8,14-15,30-31H2,2-4H3,(H,34,38)/b26-25-,32-24-. The number of piperidine rings is 1. The van der Waals surface area contributed by atoms with Crippen molar-refractivity contribution in [1.82, 2.24) is 4.90 Å². The van der Waals surface area contributed by atoms with Crippen LogP contribution in [0, 0.1) is 6.92 Å². The van der Waals surface area contributed by atoms with Crippen LogP contribution in [0.25, 0.3) is 0 Å². The summed E-state index contributed by atoms with van der Waals surface area (Å²) < 4.78 is 0. The fourth-order valence-corrected chi connectivity index (χ4v) is 4.31. The Hall–Kier alpha value is -4.24. The summed E-state index contributed by atoms with van der Waals surface area (Å²) in [6.07, 6.45) is 6.53. The number of nitrogens with two attached hydrogens (primary N) is 2. The van der Waals surface area contributed by atoms with Gasteiger partial charge in [-0.25, -0.2) is 9.98 Å². The second kappa shape index (κ2) is 11.4. The van der Waals surface area contributed by atoms with Gasteiger partial charge in [-0.2, -0.15) is 0 Å². The molecule has 1 fully saturated rings. The van der Waals surface area contributed by atoms with Crippen molar-refractivity contribution >= 4 is 35.2 Å². The lowest BCUT2D eigenvalue weighted by atomic mass is 9.95. The second-order valence-electron chi connectivity index (χ2n) is 10.1. The molecule has 0 aromatic heterocycles. The normalized spacial score (nSPS) is 18.2. The third-order valence-corrected chi connectivity index (χ3v) is 6.51. The van der Waals surface area contributed by atoms with Crippen LogP contribution in [0.3, 0.4) is 0 Å². The van der Waals surface area contributed by atoms with Crippen molar-refractivity contribution in [3.63, 3.8) is 0 Å². The predicted molar refractivity (Wildman–Crippen MR) is 157 cm³/mol. The topological polar surface area (TPSA) is 133 Å². The zero-order valence-corrected chi connectivity index (χ0v) is 22.3. The first-order valence-electron chi connectivity index (χ1n) is 12.8. The summed E-state index contributed by atoms with van der Waals surface area (Å²) >= 11 is 0. The number of amides is 1. The van der Waals surface area contributed by atoms with E-state index in [1.807, 2.05) is 51.1 Å². The Labute approximate surface area is 224 Å². The summed E-state index contributed by atoms with van der Waals surface area (Å²) in [5, 5.41) is 6.20. The molecule has 2 aliphatic rings. The number of benzene rings is 2. The zero-order chi connectivity index (χ0) is 27.3. The molecule has 38 heavy (non-hydrogen) atoms. The molecule has 2 aromatic rings. The van der Waals surface area contributed by atoms with Crippen molar-refractivity contribution in [3.05, 3.63) is 83.5 Å². The molecule has 1 saturated heterocycles. The number of guanidine groups is 1. The fourth-order valence-electron chi connectivity index (χ4n) is 4.31. The SMILES string of the molecule is C=C/N=C1/C=NC(N2CCCCC2)=N/C1=C(/N)Nc1cc(C(=O)Nc2cccc(C(C)(C)N)c2)ccc1C. The van der Waals surface area contributed by atoms with Crippen LogP contribution in [-0.4, -0.2) is 41.8 Å². The molecule has 4 rings (SSSR count). The van der Waals surface area contributed by atoms with Crippen molar-refractivity contribution in [1.29, 1.82) is 0 Å². The minimum absolute atomic E-state index is 0.240. The lowest BCUT2D eigenvalue weighted by Crippen LogP contribution is -2.37. The summed E-state index contributed by atoms with van der Waals surface area (Å²) in [5.41, 5.74) is 16.9. The van der Waals surface area contributed by atoms with E-state index in [1.165, 1.54) is 12.6 Å². The summed E-state index contributed by atoms with van der Waals surface area (Å²) in [4.78, 5) is 28.8. The van der Waals surface area contributed by atoms with Gasteiger partial charge in [0.1, 0.15) is 17.2 Å². The first kappa shape index (κ1) is 26.8. The van der Waals surface area contributed by atoms with Gasteiger partial charge in [-0.1, -0.05) is 24.8 Å². The fraction of sp³-hybridized carbons (Fsp3) is 0.310. The van der Waals surface area contributed by atoms with E-state index in [-0.39, 0.29) is 5.91 Å². The van der Waals surface area contributed by atoms with E-state index in [2.05, 4.69) is 32.1 Å². The molecular weight excluding hydrogens is 476 g/mol. The van der Waals surface area contributed by atoms with Gasteiger partial charge in [0.25, 0.3) is 5.91 Å². The first-order chi connectivity index (χ1) is 18.2. The Balaban J connectivity index is 1.59. The van der Waals surface area contributed by atoms with Gasteiger partial charge in [-0.15, -0.1) is 0 Å². The van der Waals surface area contributed by atoms with Gasteiger partial charge >= 0.3 is 0 Å². The smallest absolute Gasteiger partial charge is 0.255 e. The number of rotatable bonds is 6. The summed E-state index contributed by atoms with van der Waals surface area (Å²) in [5.74, 6) is 0.695. The molecule has 2 aliphatic heterocycles. The Morgan fingerprint density at radius 2 is 1.89 bits per heavy atom. The van der Waals surface area contributed by atoms with Crippen molar-refractivity contribution in [2.45, 2.75) is 45.6 Å². The quantitative estimate of drug-likeness (QED) is 0.452. The Morgan fingerprint density at radius 1 is 1.13 bits per heavy atom. The number of nitrogens with zero attached hydrogens (tertiary/aromatic N) is 4. The third-order valence-electron chi connectivity index (χ3n) is 6.51. The van der Waals surface area contributed by atoms with Crippen LogP contribution in [-0.2, 0) is 5.54 Å². The van der Waals surface area contributed by atoms with Crippen molar-refractivity contribution in [2.24, 2.45) is 26.4 Å². The van der Waals surface area contributed by atoms with Gasteiger partial charge in [0.2, 0.25) is 5.96 Å². The Bertz CT molecular complexity index is 1340. The van der Waals surface area contributed by atoms with E-state index in [9.17, 15) is 4.79 Å². The van der Waals surface area contributed by atoms with Crippen LogP contribution in [0.15, 0.2) is 81.7 Å². The van der Waals surface area contributed by atoms with Crippen LogP contribution in [0.5, 0.6) is 0 Å². The molecule has 0 saturated carbocycles. The summed E-state index contributed by atoms with van der Waals surface area (Å²) in [6, 6.07) is 13.0. The molecule has 0 radical (unpaired) electrons. The average molecular weight is 513 g/mol. The number of aryl methyl sites for hydroxylation is 1. The van der Waals surface area contributed by atoms with E-state index in [4.69, 9.17) is 16.5 Å². The second-order valence-corrected chi connectivity index (χ2v) is 10.1. The molecule has 0 unspecified atom stereocenters. The number of hydrogen-bond donors (Lipinski definition) is 4. The molecule has 0 spiro atoms. The van der Waals surface area contributed by atoms with Gasteiger partial charge in [-0.05, 0) is 75.4 Å². The Kier molecular flexibility index (Phi) is 8.07. The van der Waals surface area contributed by atoms with Crippen LogP contribution < -0.4 is 22.1 Å². The van der Waals surface area contributed by atoms with Crippen LogP contribution in [0.1, 0.15) is 54.6 Å². The third kappa shape index (κ3) is 6.36.